The van der Waals surface area contributed by atoms with Crippen LogP contribution in [0.25, 0.3) is 0 Å². The first-order valence-corrected chi connectivity index (χ1v) is 6.34. The van der Waals surface area contributed by atoms with Crippen molar-refractivity contribution in [1.29, 1.82) is 0 Å². The lowest BCUT2D eigenvalue weighted by molar-refractivity contribution is -0.384. The zero-order valence-electron chi connectivity index (χ0n) is 11.0. The van der Waals surface area contributed by atoms with Gasteiger partial charge in [0, 0.05) is 38.2 Å². The molecule has 1 amide bonds. The van der Waals surface area contributed by atoms with Crippen LogP contribution in [0.5, 0.6) is 0 Å². The fourth-order valence-corrected chi connectivity index (χ4v) is 1.52. The largest absolute Gasteiger partial charge is 0.356 e. The van der Waals surface area contributed by atoms with Crippen molar-refractivity contribution < 1.29 is 9.72 Å². The summed E-state index contributed by atoms with van der Waals surface area (Å²) in [6.07, 6.45) is 1.37. The van der Waals surface area contributed by atoms with Gasteiger partial charge in [0.1, 0.15) is 0 Å². The van der Waals surface area contributed by atoms with Crippen molar-refractivity contribution in [3.05, 3.63) is 39.9 Å². The summed E-state index contributed by atoms with van der Waals surface area (Å²) >= 11 is 0. The number of nitrogens with one attached hydrogen (secondary N) is 2. The molecule has 0 spiro atoms. The Labute approximate surface area is 112 Å². The number of non-ortho nitro benzene ring substituents is 1. The van der Waals surface area contributed by atoms with Crippen LogP contribution in [0.2, 0.25) is 0 Å². The van der Waals surface area contributed by atoms with Crippen LogP contribution < -0.4 is 10.6 Å². The number of amides is 1. The zero-order valence-corrected chi connectivity index (χ0v) is 11.0. The highest BCUT2D eigenvalue weighted by atomic mass is 16.6. The third kappa shape index (κ3) is 5.96. The fourth-order valence-electron chi connectivity index (χ4n) is 1.52. The number of nitro benzene ring substituents is 1. The van der Waals surface area contributed by atoms with E-state index >= 15 is 0 Å². The molecule has 0 aliphatic heterocycles. The van der Waals surface area contributed by atoms with Crippen molar-refractivity contribution in [2.45, 2.75) is 26.3 Å². The zero-order chi connectivity index (χ0) is 14.1. The van der Waals surface area contributed by atoms with Crippen molar-refractivity contribution in [2.75, 3.05) is 13.1 Å². The van der Waals surface area contributed by atoms with E-state index in [4.69, 9.17) is 0 Å². The molecule has 0 heterocycles. The maximum atomic E-state index is 11.3. The summed E-state index contributed by atoms with van der Waals surface area (Å²) in [6, 6.07) is 6.38. The van der Waals surface area contributed by atoms with E-state index in [0.29, 0.717) is 26.1 Å². The van der Waals surface area contributed by atoms with E-state index in [1.54, 1.807) is 12.1 Å². The maximum absolute atomic E-state index is 11.3. The van der Waals surface area contributed by atoms with Crippen molar-refractivity contribution in [3.8, 4) is 0 Å². The number of rotatable bonds is 8. The number of hydrogen-bond acceptors (Lipinski definition) is 4. The monoisotopic (exact) mass is 265 g/mol. The smallest absolute Gasteiger partial charge is 0.269 e. The molecule has 0 bridgehead atoms. The van der Waals surface area contributed by atoms with Crippen LogP contribution in [0.3, 0.4) is 0 Å². The molecule has 0 saturated heterocycles. The molecule has 0 aromatic heterocycles. The molecule has 2 N–H and O–H groups in total. The van der Waals surface area contributed by atoms with Gasteiger partial charge in [0.2, 0.25) is 5.91 Å². The Balaban J connectivity index is 2.22. The minimum absolute atomic E-state index is 0.0399. The minimum Gasteiger partial charge on any atom is -0.356 e. The van der Waals surface area contributed by atoms with E-state index in [1.165, 1.54) is 12.1 Å². The summed E-state index contributed by atoms with van der Waals surface area (Å²) in [5.41, 5.74) is 1.04. The van der Waals surface area contributed by atoms with Crippen LogP contribution >= 0.6 is 0 Å². The first-order valence-electron chi connectivity index (χ1n) is 6.34. The van der Waals surface area contributed by atoms with Crippen LogP contribution in [0, 0.1) is 10.1 Å². The predicted octanol–water partition coefficient (Wildman–Crippen LogP) is 1.60. The summed E-state index contributed by atoms with van der Waals surface area (Å²) in [5.74, 6) is 0.0399. The summed E-state index contributed by atoms with van der Waals surface area (Å²) in [7, 11) is 0. The molecule has 0 aliphatic carbocycles. The van der Waals surface area contributed by atoms with E-state index < -0.39 is 4.92 Å². The lowest BCUT2D eigenvalue weighted by Gasteiger charge is -2.05. The highest BCUT2D eigenvalue weighted by Gasteiger charge is 2.04. The molecular formula is C13H19N3O3. The van der Waals surface area contributed by atoms with Gasteiger partial charge in [0.05, 0.1) is 4.92 Å². The van der Waals surface area contributed by atoms with E-state index in [9.17, 15) is 14.9 Å². The highest BCUT2D eigenvalue weighted by Crippen LogP contribution is 2.11. The van der Waals surface area contributed by atoms with Crippen LogP contribution in [0.1, 0.15) is 25.3 Å². The lowest BCUT2D eigenvalue weighted by atomic mass is 10.2. The number of carbonyl (C=O) groups excluding carboxylic acids is 1. The number of benzene rings is 1. The van der Waals surface area contributed by atoms with Crippen molar-refractivity contribution in [2.24, 2.45) is 0 Å². The van der Waals surface area contributed by atoms with Gasteiger partial charge >= 0.3 is 0 Å². The summed E-state index contributed by atoms with van der Waals surface area (Å²) in [5, 5.41) is 16.4. The van der Waals surface area contributed by atoms with Crippen molar-refractivity contribution in [1.82, 2.24) is 10.6 Å². The van der Waals surface area contributed by atoms with Gasteiger partial charge in [-0.3, -0.25) is 14.9 Å². The molecular weight excluding hydrogens is 246 g/mol. The Morgan fingerprint density at radius 3 is 2.53 bits per heavy atom. The molecule has 0 fully saturated rings. The molecule has 0 atom stereocenters. The Morgan fingerprint density at radius 1 is 1.26 bits per heavy atom. The third-order valence-corrected chi connectivity index (χ3v) is 2.58. The van der Waals surface area contributed by atoms with Crippen molar-refractivity contribution >= 4 is 11.6 Å². The second kappa shape index (κ2) is 8.20. The highest BCUT2D eigenvalue weighted by molar-refractivity contribution is 5.75. The van der Waals surface area contributed by atoms with Gasteiger partial charge < -0.3 is 10.6 Å². The fraction of sp³-hybridized carbons (Fsp3) is 0.462. The van der Waals surface area contributed by atoms with Gasteiger partial charge in [-0.15, -0.1) is 0 Å². The van der Waals surface area contributed by atoms with E-state index in [2.05, 4.69) is 10.6 Å². The third-order valence-electron chi connectivity index (χ3n) is 2.58. The van der Waals surface area contributed by atoms with E-state index in [-0.39, 0.29) is 11.6 Å². The van der Waals surface area contributed by atoms with Gasteiger partial charge in [-0.1, -0.05) is 19.1 Å². The molecule has 0 saturated carbocycles. The second-order valence-corrected chi connectivity index (χ2v) is 4.20. The van der Waals surface area contributed by atoms with Gasteiger partial charge in [0.25, 0.3) is 5.69 Å². The number of nitrogens with zero attached hydrogens (tertiary/aromatic N) is 1. The molecule has 1 rings (SSSR count). The minimum atomic E-state index is -0.421. The molecule has 6 nitrogen and oxygen atoms in total. The Bertz CT molecular complexity index is 418. The molecule has 6 heteroatoms. The lowest BCUT2D eigenvalue weighted by Crippen LogP contribution is -2.27. The van der Waals surface area contributed by atoms with Gasteiger partial charge in [-0.05, 0) is 12.0 Å². The van der Waals surface area contributed by atoms with Gasteiger partial charge in [-0.2, -0.15) is 0 Å². The molecule has 0 aliphatic rings. The van der Waals surface area contributed by atoms with Crippen LogP contribution in [-0.2, 0) is 11.3 Å². The average Bonchev–Trinajstić information content (AvgIpc) is 2.41. The first-order chi connectivity index (χ1) is 9.13. The summed E-state index contributed by atoms with van der Waals surface area (Å²) < 4.78 is 0. The molecule has 1 aromatic rings. The average molecular weight is 265 g/mol. The molecule has 0 radical (unpaired) electrons. The van der Waals surface area contributed by atoms with E-state index in [0.717, 1.165) is 12.0 Å². The number of nitro groups is 1. The molecule has 104 valence electrons. The molecule has 0 unspecified atom stereocenters. The number of hydrogen-bond donors (Lipinski definition) is 2. The molecule has 19 heavy (non-hydrogen) atoms. The standard InChI is InChI=1S/C13H19N3O3/c1-2-8-15-13(17)7-9-14-10-11-3-5-12(6-4-11)16(18)19/h3-6,14H,2,7-10H2,1H3,(H,15,17). The summed E-state index contributed by atoms with van der Waals surface area (Å²) in [4.78, 5) is 21.4. The van der Waals surface area contributed by atoms with Crippen molar-refractivity contribution in [3.63, 3.8) is 0 Å². The second-order valence-electron chi connectivity index (χ2n) is 4.20. The Kier molecular flexibility index (Phi) is 6.52. The van der Waals surface area contributed by atoms with Crippen LogP contribution in [0.15, 0.2) is 24.3 Å². The van der Waals surface area contributed by atoms with Crippen LogP contribution in [-0.4, -0.2) is 23.9 Å². The molecule has 1 aromatic carbocycles. The van der Waals surface area contributed by atoms with E-state index in [1.807, 2.05) is 6.92 Å². The topological polar surface area (TPSA) is 84.3 Å². The number of carbonyl (C=O) groups is 1. The SMILES string of the molecule is CCCNC(=O)CCNCc1ccc([N+](=O)[O-])cc1. The van der Waals surface area contributed by atoms with Gasteiger partial charge in [0.15, 0.2) is 0 Å². The Morgan fingerprint density at radius 2 is 1.95 bits per heavy atom. The van der Waals surface area contributed by atoms with Gasteiger partial charge in [-0.25, -0.2) is 0 Å². The normalized spacial score (nSPS) is 10.2. The Hall–Kier alpha value is -1.95. The first kappa shape index (κ1) is 15.1. The quantitative estimate of drug-likeness (QED) is 0.425. The predicted molar refractivity (Wildman–Crippen MR) is 72.7 cm³/mol. The van der Waals surface area contributed by atoms with Crippen LogP contribution in [0.4, 0.5) is 5.69 Å². The maximum Gasteiger partial charge on any atom is 0.269 e. The summed E-state index contributed by atoms with van der Waals surface area (Å²) in [6.45, 7) is 3.90.